The van der Waals surface area contributed by atoms with Gasteiger partial charge in [-0.15, -0.1) is 0 Å². The van der Waals surface area contributed by atoms with Crippen molar-refractivity contribution >= 4 is 29.2 Å². The molecule has 1 amide bonds. The van der Waals surface area contributed by atoms with E-state index in [0.29, 0.717) is 18.8 Å². The number of halogens is 1. The molecule has 1 fully saturated rings. The van der Waals surface area contributed by atoms with E-state index in [1.54, 1.807) is 4.90 Å². The van der Waals surface area contributed by atoms with Crippen LogP contribution in [-0.2, 0) is 9.53 Å². The van der Waals surface area contributed by atoms with Crippen LogP contribution in [0.25, 0.3) is 0 Å². The van der Waals surface area contributed by atoms with E-state index < -0.39 is 10.9 Å². The van der Waals surface area contributed by atoms with Crippen molar-refractivity contribution in [1.82, 2.24) is 4.90 Å². The van der Waals surface area contributed by atoms with E-state index in [1.807, 2.05) is 0 Å². The summed E-state index contributed by atoms with van der Waals surface area (Å²) in [6, 6.07) is 10.0. The van der Waals surface area contributed by atoms with Crippen molar-refractivity contribution in [3.8, 4) is 11.5 Å². The standard InChI is InChI=1S/C21H21ClN2O6/c22-16-7-10-19(18(13-16)24(27)28)30-17-8-5-15(6-9-17)21(26)29-14-20(25)23-11-3-1-2-4-12-23/h5-10,13H,1-4,11-12,14H2. The van der Waals surface area contributed by atoms with Crippen LogP contribution < -0.4 is 4.74 Å². The van der Waals surface area contributed by atoms with E-state index in [2.05, 4.69) is 0 Å². The van der Waals surface area contributed by atoms with Crippen LogP contribution in [-0.4, -0.2) is 41.4 Å². The number of nitro benzene ring substituents is 1. The summed E-state index contributed by atoms with van der Waals surface area (Å²) in [5.74, 6) is -0.483. The summed E-state index contributed by atoms with van der Waals surface area (Å²) in [4.78, 5) is 36.7. The van der Waals surface area contributed by atoms with E-state index in [0.717, 1.165) is 25.7 Å². The van der Waals surface area contributed by atoms with Gasteiger partial charge in [-0.05, 0) is 49.2 Å². The molecule has 1 aliphatic rings. The Hall–Kier alpha value is -3.13. The molecule has 0 N–H and O–H groups in total. The van der Waals surface area contributed by atoms with Gasteiger partial charge < -0.3 is 14.4 Å². The topological polar surface area (TPSA) is 99.0 Å². The third-order valence-electron chi connectivity index (χ3n) is 4.72. The third kappa shape index (κ3) is 5.70. The fourth-order valence-corrected chi connectivity index (χ4v) is 3.29. The lowest BCUT2D eigenvalue weighted by Gasteiger charge is -2.19. The zero-order chi connectivity index (χ0) is 21.5. The fourth-order valence-electron chi connectivity index (χ4n) is 3.13. The molecular weight excluding hydrogens is 412 g/mol. The van der Waals surface area contributed by atoms with E-state index in [-0.39, 0.29) is 34.5 Å². The maximum atomic E-state index is 12.2. The second-order valence-electron chi connectivity index (χ2n) is 6.87. The van der Waals surface area contributed by atoms with Crippen LogP contribution in [0, 0.1) is 10.1 Å². The van der Waals surface area contributed by atoms with E-state index in [9.17, 15) is 19.7 Å². The molecule has 1 aliphatic heterocycles. The van der Waals surface area contributed by atoms with Crippen LogP contribution in [0.4, 0.5) is 5.69 Å². The number of hydrogen-bond acceptors (Lipinski definition) is 6. The van der Waals surface area contributed by atoms with Crippen LogP contribution in [0.5, 0.6) is 11.5 Å². The summed E-state index contributed by atoms with van der Waals surface area (Å²) in [6.07, 6.45) is 4.15. The summed E-state index contributed by atoms with van der Waals surface area (Å²) >= 11 is 5.79. The average Bonchev–Trinajstić information content (AvgIpc) is 3.03. The number of esters is 1. The van der Waals surface area contributed by atoms with E-state index in [1.165, 1.54) is 42.5 Å². The second kappa shape index (κ2) is 10.1. The smallest absolute Gasteiger partial charge is 0.338 e. The van der Waals surface area contributed by atoms with Crippen LogP contribution in [0.1, 0.15) is 36.0 Å². The number of carbonyl (C=O) groups excluding carboxylic acids is 2. The molecule has 0 aromatic heterocycles. The quantitative estimate of drug-likeness (QED) is 0.375. The van der Waals surface area contributed by atoms with Gasteiger partial charge in [0.15, 0.2) is 6.61 Å². The van der Waals surface area contributed by atoms with Crippen LogP contribution in [0.2, 0.25) is 5.02 Å². The monoisotopic (exact) mass is 432 g/mol. The first-order valence-electron chi connectivity index (χ1n) is 9.61. The number of nitro groups is 1. The molecule has 0 unspecified atom stereocenters. The Labute approximate surface area is 178 Å². The van der Waals surface area contributed by atoms with Gasteiger partial charge in [0, 0.05) is 24.2 Å². The Balaban J connectivity index is 1.58. The Bertz CT molecular complexity index is 924. The highest BCUT2D eigenvalue weighted by molar-refractivity contribution is 6.30. The zero-order valence-electron chi connectivity index (χ0n) is 16.2. The average molecular weight is 433 g/mol. The van der Waals surface area contributed by atoms with Crippen LogP contribution in [0.3, 0.4) is 0 Å². The third-order valence-corrected chi connectivity index (χ3v) is 4.96. The van der Waals surface area contributed by atoms with Gasteiger partial charge in [0.25, 0.3) is 5.91 Å². The molecule has 0 bridgehead atoms. The predicted molar refractivity (Wildman–Crippen MR) is 110 cm³/mol. The van der Waals surface area contributed by atoms with Gasteiger partial charge in [-0.25, -0.2) is 4.79 Å². The lowest BCUT2D eigenvalue weighted by molar-refractivity contribution is -0.385. The maximum absolute atomic E-state index is 12.2. The van der Waals surface area contributed by atoms with Crippen molar-refractivity contribution < 1.29 is 24.0 Å². The lowest BCUT2D eigenvalue weighted by Crippen LogP contribution is -2.35. The highest BCUT2D eigenvalue weighted by Crippen LogP contribution is 2.33. The van der Waals surface area contributed by atoms with Crippen molar-refractivity contribution in [2.75, 3.05) is 19.7 Å². The molecule has 158 valence electrons. The number of rotatable bonds is 6. The first-order valence-corrected chi connectivity index (χ1v) is 9.98. The first kappa shape index (κ1) is 21.6. The minimum Gasteiger partial charge on any atom is -0.452 e. The summed E-state index contributed by atoms with van der Waals surface area (Å²) in [5, 5.41) is 11.4. The van der Waals surface area contributed by atoms with Crippen molar-refractivity contribution in [2.24, 2.45) is 0 Å². The number of hydrogen-bond donors (Lipinski definition) is 0. The number of benzene rings is 2. The molecule has 1 saturated heterocycles. The molecule has 0 atom stereocenters. The van der Waals surface area contributed by atoms with E-state index in [4.69, 9.17) is 21.1 Å². The van der Waals surface area contributed by atoms with Gasteiger partial charge >= 0.3 is 11.7 Å². The molecule has 8 nitrogen and oxygen atoms in total. The Morgan fingerprint density at radius 3 is 2.33 bits per heavy atom. The summed E-state index contributed by atoms with van der Waals surface area (Å²) in [6.45, 7) is 1.09. The molecule has 0 radical (unpaired) electrons. The normalized spacial score (nSPS) is 14.0. The zero-order valence-corrected chi connectivity index (χ0v) is 17.0. The first-order chi connectivity index (χ1) is 14.4. The molecule has 0 aliphatic carbocycles. The fraction of sp³-hybridized carbons (Fsp3) is 0.333. The lowest BCUT2D eigenvalue weighted by atomic mass is 10.2. The molecule has 9 heteroatoms. The van der Waals surface area contributed by atoms with Gasteiger partial charge in [0.05, 0.1) is 10.5 Å². The summed E-state index contributed by atoms with van der Waals surface area (Å²) in [5.41, 5.74) is -0.0189. The molecular formula is C21H21ClN2O6. The minimum absolute atomic E-state index is 0.0303. The molecule has 0 saturated carbocycles. The Morgan fingerprint density at radius 2 is 1.70 bits per heavy atom. The van der Waals surface area contributed by atoms with Crippen molar-refractivity contribution in [3.63, 3.8) is 0 Å². The number of likely N-dealkylation sites (tertiary alicyclic amines) is 1. The number of nitrogens with zero attached hydrogens (tertiary/aromatic N) is 2. The van der Waals surface area contributed by atoms with Crippen molar-refractivity contribution in [3.05, 3.63) is 63.2 Å². The number of carbonyl (C=O) groups is 2. The molecule has 30 heavy (non-hydrogen) atoms. The maximum Gasteiger partial charge on any atom is 0.338 e. The molecule has 2 aromatic carbocycles. The molecule has 3 rings (SSSR count). The Morgan fingerprint density at radius 1 is 1.03 bits per heavy atom. The van der Waals surface area contributed by atoms with Gasteiger partial charge in [-0.3, -0.25) is 14.9 Å². The number of ether oxygens (including phenoxy) is 2. The van der Waals surface area contributed by atoms with Gasteiger partial charge in [-0.1, -0.05) is 24.4 Å². The van der Waals surface area contributed by atoms with Gasteiger partial charge in [0.1, 0.15) is 5.75 Å². The summed E-state index contributed by atoms with van der Waals surface area (Å²) in [7, 11) is 0. The second-order valence-corrected chi connectivity index (χ2v) is 7.30. The number of amides is 1. The molecule has 1 heterocycles. The van der Waals surface area contributed by atoms with Crippen molar-refractivity contribution in [2.45, 2.75) is 25.7 Å². The Kier molecular flexibility index (Phi) is 7.24. The van der Waals surface area contributed by atoms with Crippen molar-refractivity contribution in [1.29, 1.82) is 0 Å². The SMILES string of the molecule is O=C(OCC(=O)N1CCCCCC1)c1ccc(Oc2ccc(Cl)cc2[N+](=O)[O-])cc1. The highest BCUT2D eigenvalue weighted by atomic mass is 35.5. The minimum atomic E-state index is -0.623. The van der Waals surface area contributed by atoms with Gasteiger partial charge in [0.2, 0.25) is 5.75 Å². The van der Waals surface area contributed by atoms with Gasteiger partial charge in [-0.2, -0.15) is 0 Å². The highest BCUT2D eigenvalue weighted by Gasteiger charge is 2.19. The van der Waals surface area contributed by atoms with E-state index >= 15 is 0 Å². The predicted octanol–water partition coefficient (Wildman–Crippen LogP) is 4.60. The summed E-state index contributed by atoms with van der Waals surface area (Å²) < 4.78 is 10.7. The van der Waals surface area contributed by atoms with Crippen LogP contribution >= 0.6 is 11.6 Å². The largest absolute Gasteiger partial charge is 0.452 e. The molecule has 0 spiro atoms. The van der Waals surface area contributed by atoms with Crippen LogP contribution in [0.15, 0.2) is 42.5 Å². The molecule has 2 aromatic rings.